The minimum Gasteiger partial charge on any atom is -0.426 e. The lowest BCUT2D eigenvalue weighted by molar-refractivity contribution is -0.131. The number of amides is 1. The first kappa shape index (κ1) is 18.4. The standard InChI is InChI=1S/C20H21NO4/c1-4-21(5-2)20(24)16-12-10-15(11-13-16)19(23)17-8-6-7-9-18(17)25-14(3)22/h6-13H,4-5H2,1-3H3. The summed E-state index contributed by atoms with van der Waals surface area (Å²) in [5.41, 5.74) is 1.27. The van der Waals surface area contributed by atoms with Crippen molar-refractivity contribution in [3.63, 3.8) is 0 Å². The zero-order valence-corrected chi connectivity index (χ0v) is 14.6. The number of rotatable bonds is 6. The third-order valence-corrected chi connectivity index (χ3v) is 3.83. The molecule has 2 aromatic rings. The summed E-state index contributed by atoms with van der Waals surface area (Å²) in [5, 5.41) is 0. The first-order valence-electron chi connectivity index (χ1n) is 8.19. The van der Waals surface area contributed by atoms with Crippen LogP contribution in [0.2, 0.25) is 0 Å². The summed E-state index contributed by atoms with van der Waals surface area (Å²) in [6.07, 6.45) is 0. The van der Waals surface area contributed by atoms with Crippen LogP contribution in [0.5, 0.6) is 5.75 Å². The number of hydrogen-bond donors (Lipinski definition) is 0. The molecule has 0 unspecified atom stereocenters. The number of carbonyl (C=O) groups excluding carboxylic acids is 3. The first-order valence-corrected chi connectivity index (χ1v) is 8.19. The van der Waals surface area contributed by atoms with Crippen molar-refractivity contribution in [3.8, 4) is 5.75 Å². The smallest absolute Gasteiger partial charge is 0.308 e. The molecule has 0 aliphatic rings. The number of hydrogen-bond acceptors (Lipinski definition) is 4. The van der Waals surface area contributed by atoms with E-state index in [1.807, 2.05) is 13.8 Å². The normalized spacial score (nSPS) is 10.2. The second-order valence-corrected chi connectivity index (χ2v) is 5.47. The summed E-state index contributed by atoms with van der Waals surface area (Å²) in [4.78, 5) is 37.9. The van der Waals surface area contributed by atoms with Gasteiger partial charge in [-0.05, 0) is 38.1 Å². The average molecular weight is 339 g/mol. The summed E-state index contributed by atoms with van der Waals surface area (Å²) in [6, 6.07) is 13.1. The van der Waals surface area contributed by atoms with E-state index >= 15 is 0 Å². The molecule has 5 heteroatoms. The van der Waals surface area contributed by atoms with Crippen molar-refractivity contribution >= 4 is 17.7 Å². The van der Waals surface area contributed by atoms with Crippen LogP contribution in [0.4, 0.5) is 0 Å². The number of para-hydroxylation sites is 1. The first-order chi connectivity index (χ1) is 12.0. The summed E-state index contributed by atoms with van der Waals surface area (Å²) in [5.74, 6) is -0.591. The van der Waals surface area contributed by atoms with E-state index in [2.05, 4.69) is 0 Å². The fraction of sp³-hybridized carbons (Fsp3) is 0.250. The van der Waals surface area contributed by atoms with E-state index in [1.54, 1.807) is 53.4 Å². The van der Waals surface area contributed by atoms with Crippen LogP contribution < -0.4 is 4.74 Å². The molecule has 0 aliphatic carbocycles. The maximum atomic E-state index is 12.7. The summed E-state index contributed by atoms with van der Waals surface area (Å²) in [7, 11) is 0. The zero-order valence-electron chi connectivity index (χ0n) is 14.6. The van der Waals surface area contributed by atoms with Gasteiger partial charge in [-0.3, -0.25) is 14.4 Å². The Bertz CT molecular complexity index is 777. The van der Waals surface area contributed by atoms with Gasteiger partial charge in [0.2, 0.25) is 0 Å². The van der Waals surface area contributed by atoms with Crippen molar-refractivity contribution in [1.82, 2.24) is 4.90 Å². The Balaban J connectivity index is 2.27. The SMILES string of the molecule is CCN(CC)C(=O)c1ccc(C(=O)c2ccccc2OC(C)=O)cc1. The summed E-state index contributed by atoms with van der Waals surface area (Å²) in [6.45, 7) is 6.39. The largest absolute Gasteiger partial charge is 0.426 e. The zero-order chi connectivity index (χ0) is 18.4. The minimum absolute atomic E-state index is 0.0655. The highest BCUT2D eigenvalue weighted by atomic mass is 16.5. The van der Waals surface area contributed by atoms with E-state index in [9.17, 15) is 14.4 Å². The van der Waals surface area contributed by atoms with E-state index in [0.717, 1.165) is 0 Å². The van der Waals surface area contributed by atoms with Crippen LogP contribution >= 0.6 is 0 Å². The molecule has 130 valence electrons. The Kier molecular flexibility index (Phi) is 6.06. The predicted octanol–water partition coefficient (Wildman–Crippen LogP) is 3.32. The van der Waals surface area contributed by atoms with Crippen LogP contribution in [0.25, 0.3) is 0 Å². The van der Waals surface area contributed by atoms with Crippen LogP contribution in [-0.4, -0.2) is 35.6 Å². The molecule has 0 fully saturated rings. The molecule has 0 heterocycles. The van der Waals surface area contributed by atoms with Crippen LogP contribution in [0.3, 0.4) is 0 Å². The Hall–Kier alpha value is -2.95. The van der Waals surface area contributed by atoms with E-state index in [-0.39, 0.29) is 17.4 Å². The molecule has 1 amide bonds. The van der Waals surface area contributed by atoms with Gasteiger partial charge in [0.1, 0.15) is 5.75 Å². The van der Waals surface area contributed by atoms with Crippen molar-refractivity contribution in [2.45, 2.75) is 20.8 Å². The lowest BCUT2D eigenvalue weighted by Gasteiger charge is -2.18. The molecule has 2 aromatic carbocycles. The van der Waals surface area contributed by atoms with Gasteiger partial charge in [0, 0.05) is 31.1 Å². The fourth-order valence-corrected chi connectivity index (χ4v) is 2.51. The fourth-order valence-electron chi connectivity index (χ4n) is 2.51. The Morgan fingerprint density at radius 1 is 0.880 bits per heavy atom. The number of ketones is 1. The van der Waals surface area contributed by atoms with Gasteiger partial charge in [0.15, 0.2) is 5.78 Å². The molecule has 0 bridgehead atoms. The average Bonchev–Trinajstić information content (AvgIpc) is 2.62. The van der Waals surface area contributed by atoms with Gasteiger partial charge in [-0.2, -0.15) is 0 Å². The van der Waals surface area contributed by atoms with Crippen LogP contribution in [-0.2, 0) is 4.79 Å². The van der Waals surface area contributed by atoms with Crippen molar-refractivity contribution in [3.05, 3.63) is 65.2 Å². The number of nitrogens with zero attached hydrogens (tertiary/aromatic N) is 1. The van der Waals surface area contributed by atoms with Gasteiger partial charge >= 0.3 is 5.97 Å². The summed E-state index contributed by atoms with van der Waals surface area (Å²) < 4.78 is 5.09. The highest BCUT2D eigenvalue weighted by Crippen LogP contribution is 2.22. The molecule has 0 aliphatic heterocycles. The van der Waals surface area contributed by atoms with Crippen molar-refractivity contribution in [2.75, 3.05) is 13.1 Å². The second-order valence-electron chi connectivity index (χ2n) is 5.47. The van der Waals surface area contributed by atoms with E-state index in [4.69, 9.17) is 4.74 Å². The van der Waals surface area contributed by atoms with Crippen molar-refractivity contribution in [2.24, 2.45) is 0 Å². The molecule has 2 rings (SSSR count). The number of ether oxygens (including phenoxy) is 1. The molecule has 5 nitrogen and oxygen atoms in total. The topological polar surface area (TPSA) is 63.7 Å². The maximum absolute atomic E-state index is 12.7. The molecule has 0 radical (unpaired) electrons. The van der Waals surface area contributed by atoms with Crippen LogP contribution in [0.1, 0.15) is 47.1 Å². The van der Waals surface area contributed by atoms with Crippen LogP contribution in [0.15, 0.2) is 48.5 Å². The van der Waals surface area contributed by atoms with E-state index in [0.29, 0.717) is 29.8 Å². The molecule has 0 atom stereocenters. The quantitative estimate of drug-likeness (QED) is 0.460. The molecule has 0 aromatic heterocycles. The molecule has 0 spiro atoms. The van der Waals surface area contributed by atoms with E-state index < -0.39 is 5.97 Å². The number of carbonyl (C=O) groups is 3. The Morgan fingerprint density at radius 3 is 2.00 bits per heavy atom. The van der Waals surface area contributed by atoms with Gasteiger partial charge in [0.05, 0.1) is 5.56 Å². The van der Waals surface area contributed by atoms with Crippen molar-refractivity contribution < 1.29 is 19.1 Å². The lowest BCUT2D eigenvalue weighted by Crippen LogP contribution is -2.30. The summed E-state index contributed by atoms with van der Waals surface area (Å²) >= 11 is 0. The van der Waals surface area contributed by atoms with Gasteiger partial charge in [-0.15, -0.1) is 0 Å². The second kappa shape index (κ2) is 8.24. The van der Waals surface area contributed by atoms with Gasteiger partial charge in [-0.1, -0.05) is 24.3 Å². The van der Waals surface area contributed by atoms with Crippen molar-refractivity contribution in [1.29, 1.82) is 0 Å². The highest BCUT2D eigenvalue weighted by molar-refractivity contribution is 6.11. The predicted molar refractivity (Wildman–Crippen MR) is 94.9 cm³/mol. The number of benzene rings is 2. The minimum atomic E-state index is -0.486. The molecule has 0 saturated heterocycles. The molecule has 25 heavy (non-hydrogen) atoms. The van der Waals surface area contributed by atoms with E-state index in [1.165, 1.54) is 6.92 Å². The molecular weight excluding hydrogens is 318 g/mol. The highest BCUT2D eigenvalue weighted by Gasteiger charge is 2.17. The molecule has 0 saturated carbocycles. The third-order valence-electron chi connectivity index (χ3n) is 3.83. The lowest BCUT2D eigenvalue weighted by atomic mass is 10.0. The third kappa shape index (κ3) is 4.32. The van der Waals surface area contributed by atoms with Gasteiger partial charge < -0.3 is 9.64 Å². The molecule has 0 N–H and O–H groups in total. The molecular formula is C20H21NO4. The number of esters is 1. The Labute approximate surface area is 147 Å². The maximum Gasteiger partial charge on any atom is 0.308 e. The van der Waals surface area contributed by atoms with Gasteiger partial charge in [0.25, 0.3) is 5.91 Å². The monoisotopic (exact) mass is 339 g/mol. The van der Waals surface area contributed by atoms with Crippen LogP contribution in [0, 0.1) is 0 Å². The van der Waals surface area contributed by atoms with Gasteiger partial charge in [-0.25, -0.2) is 0 Å². The Morgan fingerprint density at radius 2 is 1.44 bits per heavy atom.